The van der Waals surface area contributed by atoms with Crippen LogP contribution in [0.4, 0.5) is 0 Å². The zero-order chi connectivity index (χ0) is 15.4. The number of piperazine rings is 1. The minimum Gasteiger partial charge on any atom is -0.339 e. The van der Waals surface area contributed by atoms with Gasteiger partial charge in [0.1, 0.15) is 6.04 Å². The number of carbonyl (C=O) groups excluding carboxylic acids is 1. The first kappa shape index (κ1) is 16.3. The van der Waals surface area contributed by atoms with Crippen molar-refractivity contribution >= 4 is 5.91 Å². The van der Waals surface area contributed by atoms with E-state index in [0.717, 1.165) is 26.2 Å². The van der Waals surface area contributed by atoms with Gasteiger partial charge in [-0.3, -0.25) is 14.6 Å². The molecule has 0 radical (unpaired) electrons. The monoisotopic (exact) mass is 292 g/mol. The number of likely N-dealkylation sites (N-methyl/N-ethyl adjacent to an activating group) is 1. The molecule has 0 spiro atoms. The van der Waals surface area contributed by atoms with Gasteiger partial charge in [0.05, 0.1) is 12.6 Å². The van der Waals surface area contributed by atoms with Crippen LogP contribution in [0.15, 0.2) is 0 Å². The molecule has 1 heterocycles. The van der Waals surface area contributed by atoms with Crippen LogP contribution in [0, 0.1) is 17.2 Å². The van der Waals surface area contributed by atoms with E-state index in [-0.39, 0.29) is 11.9 Å². The molecule has 0 N–H and O–H groups in total. The van der Waals surface area contributed by atoms with E-state index in [9.17, 15) is 10.1 Å². The molecule has 1 aliphatic heterocycles. The number of rotatable bonds is 5. The number of hydrogen-bond acceptors (Lipinski definition) is 4. The molecule has 5 nitrogen and oxygen atoms in total. The van der Waals surface area contributed by atoms with Gasteiger partial charge in [0.2, 0.25) is 5.91 Å². The smallest absolute Gasteiger partial charge is 0.236 e. The third-order valence-corrected chi connectivity index (χ3v) is 4.91. The number of nitrogens with zero attached hydrogens (tertiary/aromatic N) is 4. The van der Waals surface area contributed by atoms with E-state index in [1.807, 2.05) is 4.90 Å². The minimum atomic E-state index is -0.0279. The fraction of sp³-hybridized carbons (Fsp3) is 0.875. The summed E-state index contributed by atoms with van der Waals surface area (Å²) in [6.07, 6.45) is 3.76. The second-order valence-corrected chi connectivity index (χ2v) is 6.73. The van der Waals surface area contributed by atoms with Crippen LogP contribution in [0.2, 0.25) is 0 Å². The van der Waals surface area contributed by atoms with E-state index in [4.69, 9.17) is 0 Å². The molecule has 0 aromatic rings. The highest BCUT2D eigenvalue weighted by atomic mass is 16.2. The molecule has 1 saturated heterocycles. The fourth-order valence-corrected chi connectivity index (χ4v) is 3.17. The van der Waals surface area contributed by atoms with Crippen molar-refractivity contribution in [3.05, 3.63) is 0 Å². The Morgan fingerprint density at radius 2 is 1.90 bits per heavy atom. The molecule has 118 valence electrons. The predicted octanol–water partition coefficient (Wildman–Crippen LogP) is 1.16. The average molecular weight is 292 g/mol. The van der Waals surface area contributed by atoms with Crippen LogP contribution < -0.4 is 0 Å². The van der Waals surface area contributed by atoms with Gasteiger partial charge in [0.25, 0.3) is 0 Å². The first-order valence-corrected chi connectivity index (χ1v) is 8.14. The molecule has 0 bridgehead atoms. The van der Waals surface area contributed by atoms with Gasteiger partial charge in [0.15, 0.2) is 0 Å². The molecular weight excluding hydrogens is 264 g/mol. The number of nitriles is 1. The number of carbonyl (C=O) groups is 1. The fourth-order valence-electron chi connectivity index (χ4n) is 3.17. The quantitative estimate of drug-likeness (QED) is 0.763. The van der Waals surface area contributed by atoms with Crippen molar-refractivity contribution in [1.29, 1.82) is 5.26 Å². The van der Waals surface area contributed by atoms with Crippen molar-refractivity contribution in [3.8, 4) is 6.07 Å². The molecule has 0 aromatic heterocycles. The molecule has 1 unspecified atom stereocenters. The first-order chi connectivity index (χ1) is 10.0. The lowest BCUT2D eigenvalue weighted by atomic mass is 9.92. The maximum absolute atomic E-state index is 12.3. The maximum Gasteiger partial charge on any atom is 0.236 e. The van der Waals surface area contributed by atoms with Crippen LogP contribution in [0.5, 0.6) is 0 Å². The summed E-state index contributed by atoms with van der Waals surface area (Å²) in [5.41, 5.74) is 0. The van der Waals surface area contributed by atoms with Crippen molar-refractivity contribution in [2.24, 2.45) is 5.92 Å². The summed E-state index contributed by atoms with van der Waals surface area (Å²) < 4.78 is 0. The Labute approximate surface area is 128 Å². The van der Waals surface area contributed by atoms with Gasteiger partial charge in [-0.05, 0) is 25.8 Å². The minimum absolute atomic E-state index is 0.0279. The van der Waals surface area contributed by atoms with Crippen LogP contribution >= 0.6 is 0 Å². The Balaban J connectivity index is 1.77. The molecule has 2 rings (SSSR count). The largest absolute Gasteiger partial charge is 0.339 e. The Hall–Kier alpha value is -1.12. The van der Waals surface area contributed by atoms with Crippen LogP contribution in [-0.4, -0.2) is 72.5 Å². The SMILES string of the molecule is CC(C)C(C#N)N1CCN(C(=O)CN(C)C2CCC2)CC1. The van der Waals surface area contributed by atoms with Crippen molar-refractivity contribution in [3.63, 3.8) is 0 Å². The van der Waals surface area contributed by atoms with Gasteiger partial charge in [-0.1, -0.05) is 20.3 Å². The second-order valence-electron chi connectivity index (χ2n) is 6.73. The molecular formula is C16H28N4O. The molecule has 1 amide bonds. The summed E-state index contributed by atoms with van der Waals surface area (Å²) in [6.45, 7) is 7.84. The normalized spacial score (nSPS) is 22.2. The average Bonchev–Trinajstić information content (AvgIpc) is 2.37. The Bertz CT molecular complexity index is 392. The molecule has 1 saturated carbocycles. The van der Waals surface area contributed by atoms with Gasteiger partial charge in [0, 0.05) is 32.2 Å². The van der Waals surface area contributed by atoms with E-state index in [1.165, 1.54) is 19.3 Å². The lowest BCUT2D eigenvalue weighted by Gasteiger charge is -2.40. The summed E-state index contributed by atoms with van der Waals surface area (Å²) in [5, 5.41) is 9.26. The third kappa shape index (κ3) is 3.96. The first-order valence-electron chi connectivity index (χ1n) is 8.14. The summed E-state index contributed by atoms with van der Waals surface area (Å²) in [7, 11) is 2.06. The summed E-state index contributed by atoms with van der Waals surface area (Å²) in [5.74, 6) is 0.573. The van der Waals surface area contributed by atoms with E-state index < -0.39 is 0 Å². The van der Waals surface area contributed by atoms with Gasteiger partial charge < -0.3 is 4.90 Å². The molecule has 5 heteroatoms. The number of amides is 1. The maximum atomic E-state index is 12.3. The van der Waals surface area contributed by atoms with Gasteiger partial charge in [-0.15, -0.1) is 0 Å². The van der Waals surface area contributed by atoms with E-state index in [1.54, 1.807) is 0 Å². The molecule has 2 aliphatic rings. The third-order valence-electron chi connectivity index (χ3n) is 4.91. The summed E-state index contributed by atoms with van der Waals surface area (Å²) in [4.78, 5) is 18.7. The molecule has 1 atom stereocenters. The second kappa shape index (κ2) is 7.24. The standard InChI is InChI=1S/C16H28N4O/c1-13(2)15(11-17)19-7-9-20(10-8-19)16(21)12-18(3)14-5-4-6-14/h13-15H,4-10,12H2,1-3H3. The molecule has 0 aromatic carbocycles. The lowest BCUT2D eigenvalue weighted by Crippen LogP contribution is -2.55. The van der Waals surface area contributed by atoms with Crippen molar-refractivity contribution in [2.45, 2.75) is 45.2 Å². The van der Waals surface area contributed by atoms with Gasteiger partial charge in [-0.25, -0.2) is 0 Å². The number of hydrogen-bond donors (Lipinski definition) is 0. The van der Waals surface area contributed by atoms with E-state index in [0.29, 0.717) is 18.5 Å². The van der Waals surface area contributed by atoms with E-state index in [2.05, 4.69) is 36.8 Å². The van der Waals surface area contributed by atoms with Crippen LogP contribution in [0.25, 0.3) is 0 Å². The van der Waals surface area contributed by atoms with Crippen LogP contribution in [0.3, 0.4) is 0 Å². The Kier molecular flexibility index (Phi) is 5.60. The van der Waals surface area contributed by atoms with Crippen LogP contribution in [0.1, 0.15) is 33.1 Å². The van der Waals surface area contributed by atoms with E-state index >= 15 is 0 Å². The van der Waals surface area contributed by atoms with Crippen molar-refractivity contribution < 1.29 is 4.79 Å². The molecule has 2 fully saturated rings. The zero-order valence-electron chi connectivity index (χ0n) is 13.6. The van der Waals surface area contributed by atoms with Gasteiger partial charge in [-0.2, -0.15) is 5.26 Å². The van der Waals surface area contributed by atoms with Crippen molar-refractivity contribution in [2.75, 3.05) is 39.8 Å². The Morgan fingerprint density at radius 1 is 1.29 bits per heavy atom. The highest BCUT2D eigenvalue weighted by Crippen LogP contribution is 2.23. The van der Waals surface area contributed by atoms with Crippen LogP contribution in [-0.2, 0) is 4.79 Å². The zero-order valence-corrected chi connectivity index (χ0v) is 13.6. The van der Waals surface area contributed by atoms with Gasteiger partial charge >= 0.3 is 0 Å². The highest BCUT2D eigenvalue weighted by molar-refractivity contribution is 5.78. The lowest BCUT2D eigenvalue weighted by molar-refractivity contribution is -0.135. The topological polar surface area (TPSA) is 50.6 Å². The summed E-state index contributed by atoms with van der Waals surface area (Å²) in [6, 6.07) is 2.97. The Morgan fingerprint density at radius 3 is 2.33 bits per heavy atom. The summed E-state index contributed by atoms with van der Waals surface area (Å²) >= 11 is 0. The molecule has 21 heavy (non-hydrogen) atoms. The highest BCUT2D eigenvalue weighted by Gasteiger charge is 2.29. The van der Waals surface area contributed by atoms with Crippen molar-refractivity contribution in [1.82, 2.24) is 14.7 Å². The molecule has 1 aliphatic carbocycles. The predicted molar refractivity (Wildman–Crippen MR) is 82.7 cm³/mol.